The van der Waals surface area contributed by atoms with Gasteiger partial charge in [0.05, 0.1) is 19.1 Å². The second kappa shape index (κ2) is 11.0. The Labute approximate surface area is 205 Å². The standard InChI is InChI=1S/C27H32N2O4S/c1-17-4-6-18(7-5-17)14-25-27(31)29-22-15-20(9-11-24(22)34-25)26(30)28-13-12-19-8-10-21(32-2)16-23(19)33-3/h4-8,10,14,16,20,22,24H,9,11-13,15H2,1-3H3,(H,28,30)(H,29,31)/b25-14+. The molecule has 0 aromatic heterocycles. The summed E-state index contributed by atoms with van der Waals surface area (Å²) in [5.74, 6) is 1.43. The predicted octanol–water partition coefficient (Wildman–Crippen LogP) is 4.11. The molecule has 1 aliphatic heterocycles. The van der Waals surface area contributed by atoms with Gasteiger partial charge in [-0.25, -0.2) is 0 Å². The molecule has 34 heavy (non-hydrogen) atoms. The van der Waals surface area contributed by atoms with Crippen LogP contribution in [0.15, 0.2) is 47.4 Å². The first-order chi connectivity index (χ1) is 16.5. The fraction of sp³-hybridized carbons (Fsp3) is 0.407. The molecule has 3 atom stereocenters. The van der Waals surface area contributed by atoms with Gasteiger partial charge in [0.1, 0.15) is 11.5 Å². The van der Waals surface area contributed by atoms with Gasteiger partial charge < -0.3 is 20.1 Å². The predicted molar refractivity (Wildman–Crippen MR) is 136 cm³/mol. The van der Waals surface area contributed by atoms with E-state index in [-0.39, 0.29) is 23.8 Å². The molecule has 1 aliphatic carbocycles. The number of fused-ring (bicyclic) bond motifs is 1. The molecular formula is C27H32N2O4S. The van der Waals surface area contributed by atoms with E-state index in [0.29, 0.717) is 24.6 Å². The molecule has 7 heteroatoms. The number of thioether (sulfide) groups is 1. The van der Waals surface area contributed by atoms with Crippen molar-refractivity contribution in [2.24, 2.45) is 5.92 Å². The van der Waals surface area contributed by atoms with E-state index in [1.165, 1.54) is 5.56 Å². The third kappa shape index (κ3) is 5.76. The number of hydrogen-bond donors (Lipinski definition) is 2. The van der Waals surface area contributed by atoms with E-state index < -0.39 is 0 Å². The van der Waals surface area contributed by atoms with Crippen molar-refractivity contribution in [2.45, 2.75) is 43.9 Å². The van der Waals surface area contributed by atoms with Crippen molar-refractivity contribution in [2.75, 3.05) is 20.8 Å². The first-order valence-corrected chi connectivity index (χ1v) is 12.6. The highest BCUT2D eigenvalue weighted by atomic mass is 32.2. The average molecular weight is 481 g/mol. The Bertz CT molecular complexity index is 1070. The van der Waals surface area contributed by atoms with Crippen molar-refractivity contribution in [1.29, 1.82) is 0 Å². The molecule has 2 aromatic carbocycles. The number of hydrogen-bond acceptors (Lipinski definition) is 5. The molecule has 2 amide bonds. The van der Waals surface area contributed by atoms with Gasteiger partial charge in [-0.1, -0.05) is 35.9 Å². The van der Waals surface area contributed by atoms with E-state index in [0.717, 1.165) is 40.4 Å². The van der Waals surface area contributed by atoms with Crippen LogP contribution in [-0.2, 0) is 16.0 Å². The van der Waals surface area contributed by atoms with Crippen LogP contribution in [0.3, 0.4) is 0 Å². The molecule has 2 aliphatic rings. The molecule has 2 fully saturated rings. The minimum atomic E-state index is -0.0810. The summed E-state index contributed by atoms with van der Waals surface area (Å²) in [6, 6.07) is 13.9. The monoisotopic (exact) mass is 480 g/mol. The largest absolute Gasteiger partial charge is 0.497 e. The molecule has 2 aromatic rings. The van der Waals surface area contributed by atoms with Crippen molar-refractivity contribution >= 4 is 29.7 Å². The van der Waals surface area contributed by atoms with Crippen molar-refractivity contribution in [3.05, 3.63) is 64.1 Å². The smallest absolute Gasteiger partial charge is 0.257 e. The maximum Gasteiger partial charge on any atom is 0.257 e. The number of methoxy groups -OCH3 is 2. The van der Waals surface area contributed by atoms with Crippen LogP contribution in [0.1, 0.15) is 36.0 Å². The van der Waals surface area contributed by atoms with Crippen molar-refractivity contribution < 1.29 is 19.1 Å². The van der Waals surface area contributed by atoms with Gasteiger partial charge in [0.25, 0.3) is 5.91 Å². The van der Waals surface area contributed by atoms with Gasteiger partial charge in [-0.3, -0.25) is 9.59 Å². The van der Waals surface area contributed by atoms with Gasteiger partial charge in [-0.15, -0.1) is 11.8 Å². The van der Waals surface area contributed by atoms with Crippen LogP contribution in [0.4, 0.5) is 0 Å². The van der Waals surface area contributed by atoms with Gasteiger partial charge in [0.15, 0.2) is 0 Å². The number of nitrogens with one attached hydrogen (secondary N) is 2. The lowest BCUT2D eigenvalue weighted by atomic mass is 9.84. The highest BCUT2D eigenvalue weighted by Crippen LogP contribution is 2.40. The van der Waals surface area contributed by atoms with Crippen LogP contribution in [0.5, 0.6) is 11.5 Å². The molecule has 0 radical (unpaired) electrons. The average Bonchev–Trinajstić information content (AvgIpc) is 2.85. The quantitative estimate of drug-likeness (QED) is 0.583. The fourth-order valence-electron chi connectivity index (χ4n) is 4.57. The molecule has 1 heterocycles. The number of benzene rings is 2. The van der Waals surface area contributed by atoms with Gasteiger partial charge in [-0.2, -0.15) is 0 Å². The maximum atomic E-state index is 12.8. The van der Waals surface area contributed by atoms with Gasteiger partial charge in [-0.05, 0) is 55.9 Å². The molecule has 3 unspecified atom stereocenters. The van der Waals surface area contributed by atoms with E-state index in [4.69, 9.17) is 9.47 Å². The summed E-state index contributed by atoms with van der Waals surface area (Å²) in [7, 11) is 3.25. The molecule has 6 nitrogen and oxygen atoms in total. The van der Waals surface area contributed by atoms with Crippen molar-refractivity contribution in [3.8, 4) is 11.5 Å². The van der Waals surface area contributed by atoms with E-state index in [2.05, 4.69) is 22.8 Å². The molecule has 0 bridgehead atoms. The molecular weight excluding hydrogens is 448 g/mol. The number of rotatable bonds is 7. The zero-order valence-corrected chi connectivity index (χ0v) is 20.7. The molecule has 4 rings (SSSR count). The van der Waals surface area contributed by atoms with Crippen LogP contribution in [0.25, 0.3) is 6.08 Å². The summed E-state index contributed by atoms with van der Waals surface area (Å²) in [4.78, 5) is 26.3. The number of carbonyl (C=O) groups excluding carboxylic acids is 2. The summed E-state index contributed by atoms with van der Waals surface area (Å²) in [6.07, 6.45) is 5.06. The highest BCUT2D eigenvalue weighted by molar-refractivity contribution is 8.04. The molecule has 180 valence electrons. The molecule has 1 saturated heterocycles. The Morgan fingerprint density at radius 2 is 1.94 bits per heavy atom. The lowest BCUT2D eigenvalue weighted by Crippen LogP contribution is -2.51. The van der Waals surface area contributed by atoms with E-state index in [9.17, 15) is 9.59 Å². The SMILES string of the molecule is COc1ccc(CCNC(=O)C2CCC3S/C(=C/c4ccc(C)cc4)C(=O)NC3C2)c(OC)c1. The van der Waals surface area contributed by atoms with Crippen LogP contribution in [0, 0.1) is 12.8 Å². The van der Waals surface area contributed by atoms with Crippen LogP contribution in [-0.4, -0.2) is 43.9 Å². The first-order valence-electron chi connectivity index (χ1n) is 11.7. The summed E-state index contributed by atoms with van der Waals surface area (Å²) in [6.45, 7) is 2.59. The van der Waals surface area contributed by atoms with E-state index in [1.807, 2.05) is 43.3 Å². The second-order valence-electron chi connectivity index (χ2n) is 8.88. The maximum absolute atomic E-state index is 12.8. The van der Waals surface area contributed by atoms with Crippen LogP contribution < -0.4 is 20.1 Å². The third-order valence-corrected chi connectivity index (χ3v) is 7.96. The lowest BCUT2D eigenvalue weighted by Gasteiger charge is -2.39. The first kappa shape index (κ1) is 24.2. The minimum absolute atomic E-state index is 0.0267. The van der Waals surface area contributed by atoms with Crippen LogP contribution >= 0.6 is 11.8 Å². The Balaban J connectivity index is 1.29. The zero-order chi connectivity index (χ0) is 24.1. The topological polar surface area (TPSA) is 76.7 Å². The normalized spacial score (nSPS) is 23.1. The van der Waals surface area contributed by atoms with Gasteiger partial charge >= 0.3 is 0 Å². The summed E-state index contributed by atoms with van der Waals surface area (Å²) < 4.78 is 10.7. The summed E-state index contributed by atoms with van der Waals surface area (Å²) in [5.41, 5.74) is 3.25. The lowest BCUT2D eigenvalue weighted by molar-refractivity contribution is -0.127. The molecule has 0 spiro atoms. The number of carbonyl (C=O) groups is 2. The summed E-state index contributed by atoms with van der Waals surface area (Å²) in [5, 5.41) is 6.54. The Morgan fingerprint density at radius 3 is 2.68 bits per heavy atom. The van der Waals surface area contributed by atoms with E-state index in [1.54, 1.807) is 26.0 Å². The third-order valence-electron chi connectivity index (χ3n) is 6.54. The zero-order valence-electron chi connectivity index (χ0n) is 19.9. The Hall–Kier alpha value is -2.93. The number of amides is 2. The Kier molecular flexibility index (Phi) is 7.83. The fourth-order valence-corrected chi connectivity index (χ4v) is 5.86. The van der Waals surface area contributed by atoms with Crippen molar-refractivity contribution in [1.82, 2.24) is 10.6 Å². The second-order valence-corrected chi connectivity index (χ2v) is 10.2. The highest BCUT2D eigenvalue weighted by Gasteiger charge is 2.39. The minimum Gasteiger partial charge on any atom is -0.497 e. The number of aryl methyl sites for hydroxylation is 1. The summed E-state index contributed by atoms with van der Waals surface area (Å²) >= 11 is 1.65. The van der Waals surface area contributed by atoms with Gasteiger partial charge in [0, 0.05) is 29.8 Å². The van der Waals surface area contributed by atoms with Gasteiger partial charge in [0.2, 0.25) is 5.91 Å². The Morgan fingerprint density at radius 1 is 1.15 bits per heavy atom. The molecule has 2 N–H and O–H groups in total. The number of ether oxygens (including phenoxy) is 2. The molecule has 1 saturated carbocycles. The van der Waals surface area contributed by atoms with Crippen LogP contribution in [0.2, 0.25) is 0 Å². The van der Waals surface area contributed by atoms with E-state index >= 15 is 0 Å². The van der Waals surface area contributed by atoms with Crippen molar-refractivity contribution in [3.63, 3.8) is 0 Å².